The molecular formula is C19H28ClFN4O3S. The number of nitrogens with zero attached hydrogens (tertiary/aromatic N) is 1. The number of carbonyl (C=O) groups is 1. The summed E-state index contributed by atoms with van der Waals surface area (Å²) in [7, 11) is -1.40. The van der Waals surface area contributed by atoms with Crippen molar-refractivity contribution in [1.29, 1.82) is 0 Å². The summed E-state index contributed by atoms with van der Waals surface area (Å²) in [5.41, 5.74) is 0.433. The highest BCUT2D eigenvalue weighted by Gasteiger charge is 2.28. The minimum atomic E-state index is -3.02. The monoisotopic (exact) mass is 446 g/mol. The number of benzene rings is 1. The lowest BCUT2D eigenvalue weighted by molar-refractivity contribution is -0.121. The molecule has 1 heterocycles. The third-order valence-electron chi connectivity index (χ3n) is 4.82. The Hall–Kier alpha value is -1.87. The molecule has 29 heavy (non-hydrogen) atoms. The van der Waals surface area contributed by atoms with Gasteiger partial charge in [0.2, 0.25) is 5.91 Å². The number of hydrogen-bond donors (Lipinski definition) is 3. The lowest BCUT2D eigenvalue weighted by Crippen LogP contribution is -2.45. The number of guanidine groups is 1. The standard InChI is InChI=1S/C19H28ClFN4O3S/c1-19(2,15-5-4-13(21)10-16(15)20)12-24-18(22-3)23-8-6-17(26)25-14-7-9-29(27,28)11-14/h4-5,10,14H,6-9,11-12H2,1-3H3,(H,25,26)(H2,22,23,24). The van der Waals surface area contributed by atoms with E-state index in [-0.39, 0.29) is 41.1 Å². The van der Waals surface area contributed by atoms with Crippen LogP contribution in [0.4, 0.5) is 4.39 Å². The van der Waals surface area contributed by atoms with Crippen molar-refractivity contribution in [1.82, 2.24) is 16.0 Å². The van der Waals surface area contributed by atoms with Gasteiger partial charge in [0.15, 0.2) is 15.8 Å². The van der Waals surface area contributed by atoms with E-state index in [0.717, 1.165) is 5.56 Å². The van der Waals surface area contributed by atoms with Crippen LogP contribution in [0.25, 0.3) is 0 Å². The van der Waals surface area contributed by atoms with E-state index in [1.54, 1.807) is 13.1 Å². The quantitative estimate of drug-likeness (QED) is 0.436. The fourth-order valence-corrected chi connectivity index (χ4v) is 5.26. The van der Waals surface area contributed by atoms with Crippen molar-refractivity contribution in [2.45, 2.75) is 38.1 Å². The minimum absolute atomic E-state index is 0.0103. The Kier molecular flexibility index (Phi) is 7.87. The van der Waals surface area contributed by atoms with Crippen LogP contribution in [0, 0.1) is 5.82 Å². The lowest BCUT2D eigenvalue weighted by Gasteiger charge is -2.27. The zero-order chi connectivity index (χ0) is 21.7. The molecule has 162 valence electrons. The van der Waals surface area contributed by atoms with Crippen LogP contribution in [-0.4, -0.2) is 58.0 Å². The maximum absolute atomic E-state index is 13.3. The summed E-state index contributed by atoms with van der Waals surface area (Å²) in [6.07, 6.45) is 0.663. The Morgan fingerprint density at radius 2 is 2.07 bits per heavy atom. The van der Waals surface area contributed by atoms with Crippen molar-refractivity contribution in [3.05, 3.63) is 34.6 Å². The van der Waals surface area contributed by atoms with Gasteiger partial charge in [-0.2, -0.15) is 0 Å². The van der Waals surface area contributed by atoms with Gasteiger partial charge in [-0.1, -0.05) is 31.5 Å². The van der Waals surface area contributed by atoms with Crippen molar-refractivity contribution < 1.29 is 17.6 Å². The number of rotatable bonds is 7. The molecule has 0 aromatic heterocycles. The van der Waals surface area contributed by atoms with Gasteiger partial charge in [0.25, 0.3) is 0 Å². The van der Waals surface area contributed by atoms with Crippen LogP contribution in [0.3, 0.4) is 0 Å². The van der Waals surface area contributed by atoms with Gasteiger partial charge < -0.3 is 16.0 Å². The van der Waals surface area contributed by atoms with Crippen LogP contribution in [0.15, 0.2) is 23.2 Å². The number of sulfone groups is 1. The van der Waals surface area contributed by atoms with Gasteiger partial charge in [-0.15, -0.1) is 0 Å². The number of nitrogens with one attached hydrogen (secondary N) is 3. The first-order chi connectivity index (χ1) is 13.5. The van der Waals surface area contributed by atoms with Gasteiger partial charge in [0.1, 0.15) is 5.82 Å². The summed E-state index contributed by atoms with van der Waals surface area (Å²) in [6, 6.07) is 4.04. The van der Waals surface area contributed by atoms with E-state index in [2.05, 4.69) is 20.9 Å². The molecule has 1 aromatic rings. The Morgan fingerprint density at radius 3 is 2.66 bits per heavy atom. The van der Waals surface area contributed by atoms with E-state index in [0.29, 0.717) is 30.5 Å². The molecule has 7 nitrogen and oxygen atoms in total. The predicted octanol–water partition coefficient (Wildman–Crippen LogP) is 1.62. The molecule has 1 aromatic carbocycles. The van der Waals surface area contributed by atoms with E-state index in [4.69, 9.17) is 11.6 Å². The molecule has 3 N–H and O–H groups in total. The van der Waals surface area contributed by atoms with Crippen molar-refractivity contribution in [3.63, 3.8) is 0 Å². The summed E-state index contributed by atoms with van der Waals surface area (Å²) in [6.45, 7) is 4.80. The summed E-state index contributed by atoms with van der Waals surface area (Å²) in [4.78, 5) is 16.1. The topological polar surface area (TPSA) is 99.7 Å². The number of halogens is 2. The van der Waals surface area contributed by atoms with Crippen LogP contribution in [-0.2, 0) is 20.0 Å². The van der Waals surface area contributed by atoms with Crippen molar-refractivity contribution in [3.8, 4) is 0 Å². The highest BCUT2D eigenvalue weighted by atomic mass is 35.5. The van der Waals surface area contributed by atoms with Gasteiger partial charge in [0, 0.05) is 43.0 Å². The average Bonchev–Trinajstić information content (AvgIpc) is 2.95. The Labute approximate surface area is 176 Å². The summed E-state index contributed by atoms with van der Waals surface area (Å²) in [5, 5.41) is 9.36. The molecule has 0 spiro atoms. The highest BCUT2D eigenvalue weighted by Crippen LogP contribution is 2.29. The van der Waals surface area contributed by atoms with Crippen molar-refractivity contribution in [2.24, 2.45) is 4.99 Å². The second-order valence-electron chi connectivity index (χ2n) is 7.78. The molecule has 0 aliphatic carbocycles. The summed E-state index contributed by atoms with van der Waals surface area (Å²) >= 11 is 6.17. The second-order valence-corrected chi connectivity index (χ2v) is 10.4. The van der Waals surface area contributed by atoms with Gasteiger partial charge in [-0.3, -0.25) is 9.79 Å². The molecule has 1 atom stereocenters. The zero-order valence-electron chi connectivity index (χ0n) is 16.9. The number of aliphatic imine (C=N–C) groups is 1. The van der Waals surface area contributed by atoms with Crippen LogP contribution >= 0.6 is 11.6 Å². The molecule has 1 saturated heterocycles. The van der Waals surface area contributed by atoms with Gasteiger partial charge in [0.05, 0.1) is 11.5 Å². The minimum Gasteiger partial charge on any atom is -0.356 e. The maximum atomic E-state index is 13.3. The van der Waals surface area contributed by atoms with E-state index >= 15 is 0 Å². The van der Waals surface area contributed by atoms with Gasteiger partial charge in [-0.05, 0) is 24.1 Å². The zero-order valence-corrected chi connectivity index (χ0v) is 18.5. The van der Waals surface area contributed by atoms with Crippen LogP contribution < -0.4 is 16.0 Å². The average molecular weight is 447 g/mol. The maximum Gasteiger partial charge on any atom is 0.222 e. The Bertz CT molecular complexity index is 874. The normalized spacial score (nSPS) is 19.1. The Morgan fingerprint density at radius 1 is 1.34 bits per heavy atom. The summed E-state index contributed by atoms with van der Waals surface area (Å²) in [5.74, 6) is 0.0753. The lowest BCUT2D eigenvalue weighted by atomic mass is 9.84. The molecule has 1 unspecified atom stereocenters. The third kappa shape index (κ3) is 7.15. The van der Waals surface area contributed by atoms with E-state index < -0.39 is 9.84 Å². The molecule has 0 bridgehead atoms. The van der Waals surface area contributed by atoms with Gasteiger partial charge >= 0.3 is 0 Å². The summed E-state index contributed by atoms with van der Waals surface area (Å²) < 4.78 is 36.2. The molecule has 1 aliphatic rings. The highest BCUT2D eigenvalue weighted by molar-refractivity contribution is 7.91. The number of hydrogen-bond acceptors (Lipinski definition) is 4. The fourth-order valence-electron chi connectivity index (χ4n) is 3.16. The molecule has 1 fully saturated rings. The largest absolute Gasteiger partial charge is 0.356 e. The number of amides is 1. The molecule has 1 amide bonds. The van der Waals surface area contributed by atoms with E-state index in [1.807, 2.05) is 13.8 Å². The van der Waals surface area contributed by atoms with Gasteiger partial charge in [-0.25, -0.2) is 12.8 Å². The fraction of sp³-hybridized carbons (Fsp3) is 0.579. The number of carbonyl (C=O) groups excluding carboxylic acids is 1. The molecule has 2 rings (SSSR count). The van der Waals surface area contributed by atoms with Crippen molar-refractivity contribution >= 4 is 33.3 Å². The third-order valence-corrected chi connectivity index (χ3v) is 6.90. The first kappa shape index (κ1) is 23.4. The van der Waals surface area contributed by atoms with Crippen molar-refractivity contribution in [2.75, 3.05) is 31.6 Å². The van der Waals surface area contributed by atoms with Crippen LogP contribution in [0.5, 0.6) is 0 Å². The van der Waals surface area contributed by atoms with Crippen LogP contribution in [0.2, 0.25) is 5.02 Å². The molecule has 0 radical (unpaired) electrons. The SMILES string of the molecule is CN=C(NCCC(=O)NC1CCS(=O)(=O)C1)NCC(C)(C)c1ccc(F)cc1Cl. The smallest absolute Gasteiger partial charge is 0.222 e. The predicted molar refractivity (Wildman–Crippen MR) is 114 cm³/mol. The first-order valence-electron chi connectivity index (χ1n) is 9.42. The first-order valence-corrected chi connectivity index (χ1v) is 11.6. The van der Waals surface area contributed by atoms with Crippen LogP contribution in [0.1, 0.15) is 32.3 Å². The van der Waals surface area contributed by atoms with E-state index in [9.17, 15) is 17.6 Å². The molecule has 1 aliphatic heterocycles. The van der Waals surface area contributed by atoms with E-state index in [1.165, 1.54) is 12.1 Å². The molecule has 0 saturated carbocycles. The molecular weight excluding hydrogens is 419 g/mol. The Balaban J connectivity index is 1.78. The molecule has 10 heteroatoms. The second kappa shape index (κ2) is 9.75.